The predicted octanol–water partition coefficient (Wildman–Crippen LogP) is 1.60. The lowest BCUT2D eigenvalue weighted by Crippen LogP contribution is -2.16. The van der Waals surface area contributed by atoms with Crippen LogP contribution in [-0.2, 0) is 13.1 Å². The third kappa shape index (κ3) is 1.86. The molecule has 20 heavy (non-hydrogen) atoms. The first-order valence-electron chi connectivity index (χ1n) is 6.78. The van der Waals surface area contributed by atoms with Crippen LogP contribution in [0, 0.1) is 6.92 Å². The summed E-state index contributed by atoms with van der Waals surface area (Å²) in [6.07, 6.45) is 5.53. The lowest BCUT2D eigenvalue weighted by Gasteiger charge is -2.17. The van der Waals surface area contributed by atoms with E-state index < -0.39 is 0 Å². The van der Waals surface area contributed by atoms with E-state index >= 15 is 0 Å². The number of aryl methyl sites for hydroxylation is 2. The van der Waals surface area contributed by atoms with Gasteiger partial charge in [-0.15, -0.1) is 0 Å². The van der Waals surface area contributed by atoms with Crippen LogP contribution in [0.25, 0.3) is 11.2 Å². The van der Waals surface area contributed by atoms with Crippen LogP contribution in [0.2, 0.25) is 0 Å². The van der Waals surface area contributed by atoms with E-state index in [0.717, 1.165) is 29.9 Å². The van der Waals surface area contributed by atoms with Crippen LogP contribution in [0.1, 0.15) is 25.6 Å². The summed E-state index contributed by atoms with van der Waals surface area (Å²) in [4.78, 5) is 8.53. The molecule has 0 fully saturated rings. The van der Waals surface area contributed by atoms with Gasteiger partial charge in [-0.05, 0) is 20.8 Å². The number of rotatable bonds is 4. The molecule has 1 unspecified atom stereocenters. The van der Waals surface area contributed by atoms with Gasteiger partial charge in [0.05, 0.1) is 18.1 Å². The van der Waals surface area contributed by atoms with E-state index in [1.165, 1.54) is 0 Å². The third-order valence-electron chi connectivity index (χ3n) is 3.55. The molecule has 1 atom stereocenters. The van der Waals surface area contributed by atoms with Crippen LogP contribution < -0.4 is 5.73 Å². The minimum Gasteiger partial charge on any atom is -0.369 e. The standard InChI is InChI=1S/C13H19N7/c1-4-19-12-11(10(3)17-19)16-13(14)20(12)9(2)7-18-6-5-15-8-18/h5-6,8-9H,4,7H2,1-3H3,(H2,14,16). The Morgan fingerprint density at radius 2 is 2.20 bits per heavy atom. The van der Waals surface area contributed by atoms with Crippen molar-refractivity contribution in [3.8, 4) is 0 Å². The molecule has 0 spiro atoms. The summed E-state index contributed by atoms with van der Waals surface area (Å²) in [5.74, 6) is 0.537. The molecule has 0 amide bonds. The largest absolute Gasteiger partial charge is 0.369 e. The molecule has 7 nitrogen and oxygen atoms in total. The van der Waals surface area contributed by atoms with Gasteiger partial charge >= 0.3 is 0 Å². The van der Waals surface area contributed by atoms with Gasteiger partial charge in [-0.1, -0.05) is 0 Å². The van der Waals surface area contributed by atoms with Gasteiger partial charge in [0, 0.05) is 25.5 Å². The molecular formula is C13H19N7. The summed E-state index contributed by atoms with van der Waals surface area (Å²) in [6.45, 7) is 7.75. The van der Waals surface area contributed by atoms with Crippen molar-refractivity contribution in [3.05, 3.63) is 24.4 Å². The molecule has 0 aliphatic carbocycles. The summed E-state index contributed by atoms with van der Waals surface area (Å²) in [7, 11) is 0. The molecule has 3 rings (SSSR count). The summed E-state index contributed by atoms with van der Waals surface area (Å²) >= 11 is 0. The maximum atomic E-state index is 6.11. The van der Waals surface area contributed by atoms with Gasteiger partial charge in [-0.3, -0.25) is 4.57 Å². The lowest BCUT2D eigenvalue weighted by molar-refractivity contribution is 0.469. The average Bonchev–Trinajstić information content (AvgIpc) is 3.08. The summed E-state index contributed by atoms with van der Waals surface area (Å²) in [5, 5.41) is 4.51. The van der Waals surface area contributed by atoms with Crippen LogP contribution in [0.15, 0.2) is 18.7 Å². The van der Waals surface area contributed by atoms with Crippen molar-refractivity contribution in [3.63, 3.8) is 0 Å². The normalized spacial score (nSPS) is 13.2. The SMILES string of the molecule is CCn1nc(C)c2nc(N)n(C(C)Cn3ccnc3)c21. The number of hydrogen-bond acceptors (Lipinski definition) is 4. The molecule has 2 N–H and O–H groups in total. The Morgan fingerprint density at radius 3 is 2.85 bits per heavy atom. The summed E-state index contributed by atoms with van der Waals surface area (Å²) in [5.41, 5.74) is 8.91. The van der Waals surface area contributed by atoms with Crippen molar-refractivity contribution in [2.24, 2.45) is 0 Å². The highest BCUT2D eigenvalue weighted by Gasteiger charge is 2.20. The van der Waals surface area contributed by atoms with Gasteiger partial charge < -0.3 is 10.3 Å². The van der Waals surface area contributed by atoms with E-state index in [1.54, 1.807) is 6.20 Å². The van der Waals surface area contributed by atoms with Gasteiger partial charge in [0.1, 0.15) is 5.52 Å². The van der Waals surface area contributed by atoms with Gasteiger partial charge in [0.15, 0.2) is 5.65 Å². The van der Waals surface area contributed by atoms with Gasteiger partial charge in [0.25, 0.3) is 0 Å². The Balaban J connectivity index is 2.07. The maximum Gasteiger partial charge on any atom is 0.202 e. The highest BCUT2D eigenvalue weighted by Crippen LogP contribution is 2.25. The van der Waals surface area contributed by atoms with E-state index in [1.807, 2.05) is 28.7 Å². The minimum absolute atomic E-state index is 0.176. The number of imidazole rings is 2. The lowest BCUT2D eigenvalue weighted by atomic mass is 10.3. The molecule has 0 aliphatic heterocycles. The molecule has 106 valence electrons. The van der Waals surface area contributed by atoms with Crippen LogP contribution in [0.5, 0.6) is 0 Å². The molecular weight excluding hydrogens is 254 g/mol. The van der Waals surface area contributed by atoms with E-state index in [-0.39, 0.29) is 6.04 Å². The zero-order chi connectivity index (χ0) is 14.3. The minimum atomic E-state index is 0.176. The molecule has 3 aromatic heterocycles. The first-order chi connectivity index (χ1) is 9.61. The monoisotopic (exact) mass is 273 g/mol. The van der Waals surface area contributed by atoms with Crippen molar-refractivity contribution in [1.29, 1.82) is 0 Å². The van der Waals surface area contributed by atoms with Crippen molar-refractivity contribution >= 4 is 17.1 Å². The van der Waals surface area contributed by atoms with Crippen molar-refractivity contribution in [2.75, 3.05) is 5.73 Å². The fraction of sp³-hybridized carbons (Fsp3) is 0.462. The van der Waals surface area contributed by atoms with Crippen LogP contribution >= 0.6 is 0 Å². The van der Waals surface area contributed by atoms with Gasteiger partial charge in [0.2, 0.25) is 5.95 Å². The Kier molecular flexibility index (Phi) is 2.96. The highest BCUT2D eigenvalue weighted by molar-refractivity contribution is 5.77. The molecule has 7 heteroatoms. The molecule has 0 bridgehead atoms. The van der Waals surface area contributed by atoms with Crippen LogP contribution in [-0.4, -0.2) is 28.9 Å². The second-order valence-corrected chi connectivity index (χ2v) is 5.02. The number of nitrogens with zero attached hydrogens (tertiary/aromatic N) is 6. The smallest absolute Gasteiger partial charge is 0.202 e. The van der Waals surface area contributed by atoms with Crippen LogP contribution in [0.4, 0.5) is 5.95 Å². The van der Waals surface area contributed by atoms with E-state index in [4.69, 9.17) is 5.73 Å². The molecule has 0 saturated carbocycles. The average molecular weight is 273 g/mol. The number of anilines is 1. The fourth-order valence-corrected chi connectivity index (χ4v) is 2.64. The molecule has 0 saturated heterocycles. The number of hydrogen-bond donors (Lipinski definition) is 1. The van der Waals surface area contributed by atoms with E-state index in [0.29, 0.717) is 5.95 Å². The molecule has 0 radical (unpaired) electrons. The fourth-order valence-electron chi connectivity index (χ4n) is 2.64. The van der Waals surface area contributed by atoms with E-state index in [9.17, 15) is 0 Å². The number of nitrogens with two attached hydrogens (primary N) is 1. The van der Waals surface area contributed by atoms with E-state index in [2.05, 4.69) is 33.5 Å². The zero-order valence-corrected chi connectivity index (χ0v) is 12.0. The molecule has 0 aromatic carbocycles. The first kappa shape index (κ1) is 12.7. The second-order valence-electron chi connectivity index (χ2n) is 5.02. The Bertz CT molecular complexity index is 720. The molecule has 3 aromatic rings. The predicted molar refractivity (Wildman–Crippen MR) is 77.3 cm³/mol. The summed E-state index contributed by atoms with van der Waals surface area (Å²) in [6, 6.07) is 0.176. The van der Waals surface area contributed by atoms with Crippen molar-refractivity contribution in [2.45, 2.75) is 39.9 Å². The number of nitrogen functional groups attached to an aromatic ring is 1. The maximum absolute atomic E-state index is 6.11. The Hall–Kier alpha value is -2.31. The topological polar surface area (TPSA) is 79.5 Å². The van der Waals surface area contributed by atoms with Crippen molar-refractivity contribution < 1.29 is 0 Å². The Labute approximate surface area is 117 Å². The van der Waals surface area contributed by atoms with Crippen molar-refractivity contribution in [1.82, 2.24) is 28.9 Å². The zero-order valence-electron chi connectivity index (χ0n) is 12.0. The molecule has 0 aliphatic rings. The third-order valence-corrected chi connectivity index (χ3v) is 3.55. The second kappa shape index (κ2) is 4.66. The Morgan fingerprint density at radius 1 is 1.40 bits per heavy atom. The quantitative estimate of drug-likeness (QED) is 0.783. The van der Waals surface area contributed by atoms with Gasteiger partial charge in [-0.2, -0.15) is 5.10 Å². The summed E-state index contributed by atoms with van der Waals surface area (Å²) < 4.78 is 6.05. The first-order valence-corrected chi connectivity index (χ1v) is 6.78. The highest BCUT2D eigenvalue weighted by atomic mass is 15.4. The molecule has 3 heterocycles. The number of fused-ring (bicyclic) bond motifs is 1. The number of aromatic nitrogens is 6. The van der Waals surface area contributed by atoms with Crippen LogP contribution in [0.3, 0.4) is 0 Å². The van der Waals surface area contributed by atoms with Gasteiger partial charge in [-0.25, -0.2) is 14.6 Å².